The third-order valence-corrected chi connectivity index (χ3v) is 8.01. The number of fused-ring (bicyclic) bond motifs is 1. The number of halogens is 2. The zero-order valence-corrected chi connectivity index (χ0v) is 24.8. The zero-order valence-electron chi connectivity index (χ0n) is 21.1. The minimum atomic E-state index is -1.77. The van der Waals surface area contributed by atoms with Crippen LogP contribution in [-0.2, 0) is 28.3 Å². The minimum absolute atomic E-state index is 0.0964. The lowest BCUT2D eigenvalue weighted by atomic mass is 9.83. The molecule has 3 aromatic rings. The van der Waals surface area contributed by atoms with E-state index >= 15 is 0 Å². The second kappa shape index (κ2) is 12.5. The van der Waals surface area contributed by atoms with Gasteiger partial charge in [0.05, 0.1) is 18.8 Å². The van der Waals surface area contributed by atoms with Gasteiger partial charge in [0.1, 0.15) is 0 Å². The van der Waals surface area contributed by atoms with Gasteiger partial charge in [0.15, 0.2) is 5.60 Å². The topological polar surface area (TPSA) is 81.1 Å². The summed E-state index contributed by atoms with van der Waals surface area (Å²) >= 11 is 5.72. The number of rotatable bonds is 10. The van der Waals surface area contributed by atoms with Crippen molar-refractivity contribution in [2.24, 2.45) is 5.92 Å². The molecule has 1 heterocycles. The molecule has 0 radical (unpaired) electrons. The summed E-state index contributed by atoms with van der Waals surface area (Å²) in [6, 6.07) is 23.1. The number of hydrogen-bond acceptors (Lipinski definition) is 4. The standard InChI is InChI=1S/C30H30BrIN2O4/c1-21(6-5-9-28(36)33(16-17-35)19-22-7-3-2-4-8-22)30(38)26-18-24(31)12-15-27(26)34(29(30)37)20-23-10-13-25(32)14-11-23/h2-8,10-15,18,21,35,38H,9,16-17,19-20H2,1H3/b6-5+/t21-,30+/m0/s1. The summed E-state index contributed by atoms with van der Waals surface area (Å²) in [7, 11) is 0. The van der Waals surface area contributed by atoms with Crippen LogP contribution in [0.2, 0.25) is 0 Å². The molecule has 0 saturated carbocycles. The van der Waals surface area contributed by atoms with Gasteiger partial charge < -0.3 is 20.0 Å². The number of aliphatic hydroxyl groups is 2. The van der Waals surface area contributed by atoms with Crippen LogP contribution in [0, 0.1) is 9.49 Å². The average Bonchev–Trinajstić information content (AvgIpc) is 3.12. The maximum Gasteiger partial charge on any atom is 0.264 e. The molecule has 1 aliphatic heterocycles. The third-order valence-electron chi connectivity index (χ3n) is 6.80. The molecule has 2 atom stereocenters. The van der Waals surface area contributed by atoms with Crippen LogP contribution < -0.4 is 4.90 Å². The van der Waals surface area contributed by atoms with E-state index in [4.69, 9.17) is 0 Å². The molecule has 2 amide bonds. The summed E-state index contributed by atoms with van der Waals surface area (Å²) in [5, 5.41) is 21.3. The van der Waals surface area contributed by atoms with Gasteiger partial charge in [-0.05, 0) is 64.0 Å². The molecule has 4 rings (SSSR count). The van der Waals surface area contributed by atoms with E-state index in [1.165, 1.54) is 0 Å². The maximum atomic E-state index is 13.7. The van der Waals surface area contributed by atoms with Crippen molar-refractivity contribution in [3.05, 3.63) is 110 Å². The molecule has 0 unspecified atom stereocenters. The van der Waals surface area contributed by atoms with Gasteiger partial charge in [0, 0.05) is 39.0 Å². The first-order valence-electron chi connectivity index (χ1n) is 12.4. The van der Waals surface area contributed by atoms with Gasteiger partial charge in [-0.2, -0.15) is 0 Å². The lowest BCUT2D eigenvalue weighted by Gasteiger charge is -2.28. The van der Waals surface area contributed by atoms with Crippen LogP contribution in [0.25, 0.3) is 0 Å². The van der Waals surface area contributed by atoms with Crippen LogP contribution in [0.15, 0.2) is 89.4 Å². The van der Waals surface area contributed by atoms with Gasteiger partial charge in [-0.1, -0.05) is 77.5 Å². The van der Waals surface area contributed by atoms with Gasteiger partial charge >= 0.3 is 0 Å². The van der Waals surface area contributed by atoms with Crippen molar-refractivity contribution >= 4 is 56.0 Å². The number of carbonyl (C=O) groups is 2. The first kappa shape index (κ1) is 28.5. The van der Waals surface area contributed by atoms with Crippen LogP contribution in [0.5, 0.6) is 0 Å². The Kier molecular flexibility index (Phi) is 9.40. The lowest BCUT2D eigenvalue weighted by Crippen LogP contribution is -2.44. The summed E-state index contributed by atoms with van der Waals surface area (Å²) < 4.78 is 1.88. The number of hydrogen-bond donors (Lipinski definition) is 2. The Bertz CT molecular complexity index is 1320. The quantitative estimate of drug-likeness (QED) is 0.221. The molecule has 8 heteroatoms. The number of carbonyl (C=O) groups excluding carboxylic acids is 2. The second-order valence-corrected chi connectivity index (χ2v) is 11.6. The summed E-state index contributed by atoms with van der Waals surface area (Å²) in [6.07, 6.45) is 3.53. The molecule has 1 aliphatic rings. The highest BCUT2D eigenvalue weighted by atomic mass is 127. The normalized spacial score (nSPS) is 17.6. The molecule has 0 fully saturated rings. The van der Waals surface area contributed by atoms with Gasteiger partial charge in [-0.15, -0.1) is 0 Å². The molecule has 3 aromatic carbocycles. The van der Waals surface area contributed by atoms with Crippen molar-refractivity contribution in [2.45, 2.75) is 32.0 Å². The van der Waals surface area contributed by atoms with E-state index < -0.39 is 17.4 Å². The Morgan fingerprint density at radius 3 is 2.50 bits per heavy atom. The number of anilines is 1. The molecular weight excluding hydrogens is 659 g/mol. The predicted octanol–water partition coefficient (Wildman–Crippen LogP) is 5.39. The van der Waals surface area contributed by atoms with Crippen molar-refractivity contribution in [2.75, 3.05) is 18.1 Å². The van der Waals surface area contributed by atoms with Gasteiger partial charge in [0.2, 0.25) is 5.91 Å². The van der Waals surface area contributed by atoms with Crippen LogP contribution >= 0.6 is 38.5 Å². The SMILES string of the molecule is C[C@@H](/C=C/CC(=O)N(CCO)Cc1ccccc1)[C@]1(O)C(=O)N(Cc2ccc(I)cc2)c2ccc(Br)cc21. The Hall–Kier alpha value is -2.53. The largest absolute Gasteiger partial charge is 0.395 e. The third kappa shape index (κ3) is 6.20. The van der Waals surface area contributed by atoms with Crippen LogP contribution in [-0.4, -0.2) is 40.1 Å². The van der Waals surface area contributed by atoms with Crippen molar-refractivity contribution < 1.29 is 19.8 Å². The van der Waals surface area contributed by atoms with E-state index in [0.29, 0.717) is 24.3 Å². The number of nitrogens with zero attached hydrogens (tertiary/aromatic N) is 2. The van der Waals surface area contributed by atoms with Crippen molar-refractivity contribution in [1.29, 1.82) is 0 Å². The average molecular weight is 689 g/mol. The first-order chi connectivity index (χ1) is 18.2. The second-order valence-electron chi connectivity index (χ2n) is 9.39. The van der Waals surface area contributed by atoms with Crippen molar-refractivity contribution in [3.63, 3.8) is 0 Å². The summed E-state index contributed by atoms with van der Waals surface area (Å²) in [5.74, 6) is -1.11. The molecule has 0 bridgehead atoms. The van der Waals surface area contributed by atoms with E-state index in [-0.39, 0.29) is 25.5 Å². The lowest BCUT2D eigenvalue weighted by molar-refractivity contribution is -0.139. The maximum absolute atomic E-state index is 13.7. The van der Waals surface area contributed by atoms with Crippen LogP contribution in [0.4, 0.5) is 5.69 Å². The van der Waals surface area contributed by atoms with Crippen LogP contribution in [0.1, 0.15) is 30.0 Å². The Balaban J connectivity index is 1.52. The highest BCUT2D eigenvalue weighted by Gasteiger charge is 2.52. The Morgan fingerprint density at radius 2 is 1.82 bits per heavy atom. The van der Waals surface area contributed by atoms with E-state index in [0.717, 1.165) is 19.2 Å². The summed E-state index contributed by atoms with van der Waals surface area (Å²) in [6.45, 7) is 2.63. The molecule has 38 heavy (non-hydrogen) atoms. The number of amides is 2. The first-order valence-corrected chi connectivity index (χ1v) is 14.3. The zero-order chi connectivity index (χ0) is 27.3. The summed E-state index contributed by atoms with van der Waals surface area (Å²) in [4.78, 5) is 29.9. The van der Waals surface area contributed by atoms with E-state index in [9.17, 15) is 19.8 Å². The highest BCUT2D eigenvalue weighted by molar-refractivity contribution is 14.1. The predicted molar refractivity (Wildman–Crippen MR) is 160 cm³/mol. The number of aliphatic hydroxyl groups excluding tert-OH is 1. The van der Waals surface area contributed by atoms with Crippen molar-refractivity contribution in [1.82, 2.24) is 4.90 Å². The monoisotopic (exact) mass is 688 g/mol. The fraction of sp³-hybridized carbons (Fsp3) is 0.267. The molecule has 198 valence electrons. The molecule has 0 spiro atoms. The molecular formula is C30H30BrIN2O4. The minimum Gasteiger partial charge on any atom is -0.395 e. The van der Waals surface area contributed by atoms with Gasteiger partial charge in [-0.3, -0.25) is 9.59 Å². The smallest absolute Gasteiger partial charge is 0.264 e. The molecule has 0 aromatic heterocycles. The summed E-state index contributed by atoms with van der Waals surface area (Å²) in [5.41, 5.74) is 1.39. The molecule has 0 aliphatic carbocycles. The fourth-order valence-corrected chi connectivity index (χ4v) is 5.43. The van der Waals surface area contributed by atoms with Crippen LogP contribution in [0.3, 0.4) is 0 Å². The molecule has 6 nitrogen and oxygen atoms in total. The Morgan fingerprint density at radius 1 is 1.11 bits per heavy atom. The van der Waals surface area contributed by atoms with Crippen molar-refractivity contribution in [3.8, 4) is 0 Å². The number of benzene rings is 3. The van der Waals surface area contributed by atoms with E-state index in [1.807, 2.05) is 66.7 Å². The molecule has 0 saturated heterocycles. The molecule has 2 N–H and O–H groups in total. The van der Waals surface area contributed by atoms with Gasteiger partial charge in [0.25, 0.3) is 5.91 Å². The van der Waals surface area contributed by atoms with E-state index in [2.05, 4.69) is 38.5 Å². The fourth-order valence-electron chi connectivity index (χ4n) is 4.71. The highest BCUT2D eigenvalue weighted by Crippen LogP contribution is 2.46. The Labute approximate surface area is 245 Å². The van der Waals surface area contributed by atoms with E-state index in [1.54, 1.807) is 34.9 Å². The van der Waals surface area contributed by atoms with Gasteiger partial charge in [-0.25, -0.2) is 0 Å².